The summed E-state index contributed by atoms with van der Waals surface area (Å²) in [5.41, 5.74) is 7.46. The minimum atomic E-state index is 0.287. The van der Waals surface area contributed by atoms with Gasteiger partial charge in [0.2, 0.25) is 0 Å². The molecule has 4 nitrogen and oxygen atoms in total. The third kappa shape index (κ3) is 2.71. The highest BCUT2D eigenvalue weighted by Gasteiger charge is 2.10. The van der Waals surface area contributed by atoms with Crippen LogP contribution in [-0.4, -0.2) is 22.6 Å². The SMILES string of the molecule is CC(CN)C(C)Nc1cnc2ccccc2n1. The number of nitrogens with two attached hydrogens (primary N) is 1. The van der Waals surface area contributed by atoms with Crippen LogP contribution in [0.2, 0.25) is 0 Å². The van der Waals surface area contributed by atoms with Crippen molar-refractivity contribution in [2.45, 2.75) is 19.9 Å². The van der Waals surface area contributed by atoms with Crippen molar-refractivity contribution >= 4 is 16.9 Å². The van der Waals surface area contributed by atoms with Crippen LogP contribution in [0, 0.1) is 5.92 Å². The van der Waals surface area contributed by atoms with Crippen LogP contribution in [0.5, 0.6) is 0 Å². The summed E-state index contributed by atoms with van der Waals surface area (Å²) in [5, 5.41) is 3.33. The Kier molecular flexibility index (Phi) is 3.54. The molecular formula is C13H18N4. The second-order valence-corrected chi connectivity index (χ2v) is 4.39. The molecule has 2 aromatic rings. The van der Waals surface area contributed by atoms with E-state index in [1.807, 2.05) is 24.3 Å². The lowest BCUT2D eigenvalue weighted by molar-refractivity contribution is 0.520. The number of hydrogen-bond acceptors (Lipinski definition) is 4. The normalized spacial score (nSPS) is 14.5. The zero-order valence-electron chi connectivity index (χ0n) is 10.2. The molecule has 0 fully saturated rings. The molecule has 2 atom stereocenters. The van der Waals surface area contributed by atoms with Crippen molar-refractivity contribution in [1.82, 2.24) is 9.97 Å². The summed E-state index contributed by atoms with van der Waals surface area (Å²) in [5.74, 6) is 1.21. The summed E-state index contributed by atoms with van der Waals surface area (Å²) in [6.07, 6.45) is 1.77. The molecule has 0 saturated heterocycles. The Morgan fingerprint density at radius 3 is 2.65 bits per heavy atom. The minimum Gasteiger partial charge on any atom is -0.366 e. The summed E-state index contributed by atoms with van der Waals surface area (Å²) >= 11 is 0. The van der Waals surface area contributed by atoms with Gasteiger partial charge in [0.25, 0.3) is 0 Å². The molecule has 0 amide bonds. The third-order valence-electron chi connectivity index (χ3n) is 3.05. The first-order valence-electron chi connectivity index (χ1n) is 5.89. The lowest BCUT2D eigenvalue weighted by Gasteiger charge is -2.20. The van der Waals surface area contributed by atoms with Crippen LogP contribution in [-0.2, 0) is 0 Å². The van der Waals surface area contributed by atoms with Crippen LogP contribution in [0.15, 0.2) is 30.5 Å². The fourth-order valence-electron chi connectivity index (χ4n) is 1.61. The Morgan fingerprint density at radius 1 is 1.24 bits per heavy atom. The molecule has 4 heteroatoms. The molecule has 1 aromatic heterocycles. The standard InChI is InChI=1S/C13H18N4/c1-9(7-14)10(2)16-13-8-15-11-5-3-4-6-12(11)17-13/h3-6,8-10H,7,14H2,1-2H3,(H,16,17). The summed E-state index contributed by atoms with van der Waals surface area (Å²) in [6.45, 7) is 4.88. The zero-order chi connectivity index (χ0) is 12.3. The number of aromatic nitrogens is 2. The summed E-state index contributed by atoms with van der Waals surface area (Å²) in [4.78, 5) is 8.88. The molecule has 0 aliphatic heterocycles. The fourth-order valence-corrected chi connectivity index (χ4v) is 1.61. The van der Waals surface area contributed by atoms with E-state index < -0.39 is 0 Å². The molecule has 2 unspecified atom stereocenters. The molecule has 90 valence electrons. The second-order valence-electron chi connectivity index (χ2n) is 4.39. The second kappa shape index (κ2) is 5.10. The van der Waals surface area contributed by atoms with Gasteiger partial charge in [-0.1, -0.05) is 19.1 Å². The molecular weight excluding hydrogens is 212 g/mol. The van der Waals surface area contributed by atoms with E-state index in [4.69, 9.17) is 5.73 Å². The van der Waals surface area contributed by atoms with Gasteiger partial charge in [-0.15, -0.1) is 0 Å². The number of nitrogens with zero attached hydrogens (tertiary/aromatic N) is 2. The molecule has 0 saturated carbocycles. The van der Waals surface area contributed by atoms with Gasteiger partial charge in [-0.25, -0.2) is 4.98 Å². The summed E-state index contributed by atoms with van der Waals surface area (Å²) in [6, 6.07) is 8.13. The number of para-hydroxylation sites is 2. The zero-order valence-corrected chi connectivity index (χ0v) is 10.2. The van der Waals surface area contributed by atoms with Gasteiger partial charge < -0.3 is 11.1 Å². The van der Waals surface area contributed by atoms with E-state index in [1.165, 1.54) is 0 Å². The Morgan fingerprint density at radius 2 is 1.94 bits per heavy atom. The summed E-state index contributed by atoms with van der Waals surface area (Å²) < 4.78 is 0. The predicted octanol–water partition coefficient (Wildman–Crippen LogP) is 2.02. The first kappa shape index (κ1) is 11.8. The maximum absolute atomic E-state index is 5.64. The molecule has 1 heterocycles. The molecule has 0 aliphatic rings. The lowest BCUT2D eigenvalue weighted by atomic mass is 10.0. The van der Waals surface area contributed by atoms with E-state index in [0.717, 1.165) is 16.9 Å². The Labute approximate surface area is 101 Å². The third-order valence-corrected chi connectivity index (χ3v) is 3.05. The maximum Gasteiger partial charge on any atom is 0.145 e. The van der Waals surface area contributed by atoms with Crippen LogP contribution in [0.1, 0.15) is 13.8 Å². The van der Waals surface area contributed by atoms with E-state index in [9.17, 15) is 0 Å². The van der Waals surface area contributed by atoms with Gasteiger partial charge in [0.05, 0.1) is 17.2 Å². The number of anilines is 1. The molecule has 1 aromatic carbocycles. The first-order valence-corrected chi connectivity index (χ1v) is 5.89. The quantitative estimate of drug-likeness (QED) is 0.843. The fraction of sp³-hybridized carbons (Fsp3) is 0.385. The molecule has 3 N–H and O–H groups in total. The van der Waals surface area contributed by atoms with Crippen LogP contribution in [0.4, 0.5) is 5.82 Å². The van der Waals surface area contributed by atoms with E-state index >= 15 is 0 Å². The van der Waals surface area contributed by atoms with Crippen LogP contribution < -0.4 is 11.1 Å². The highest BCUT2D eigenvalue weighted by Crippen LogP contribution is 2.13. The Bertz CT molecular complexity index is 497. The van der Waals surface area contributed by atoms with Crippen LogP contribution >= 0.6 is 0 Å². The number of fused-ring (bicyclic) bond motifs is 1. The van der Waals surface area contributed by atoms with Crippen molar-refractivity contribution in [3.63, 3.8) is 0 Å². The van der Waals surface area contributed by atoms with E-state index in [0.29, 0.717) is 12.5 Å². The van der Waals surface area contributed by atoms with Gasteiger partial charge in [0.1, 0.15) is 5.82 Å². The molecule has 0 bridgehead atoms. The monoisotopic (exact) mass is 230 g/mol. The first-order chi connectivity index (χ1) is 8.20. The Balaban J connectivity index is 2.19. The average Bonchev–Trinajstić information content (AvgIpc) is 2.37. The predicted molar refractivity (Wildman–Crippen MR) is 70.8 cm³/mol. The van der Waals surface area contributed by atoms with E-state index in [2.05, 4.69) is 29.1 Å². The maximum atomic E-state index is 5.64. The molecule has 17 heavy (non-hydrogen) atoms. The van der Waals surface area contributed by atoms with Crippen LogP contribution in [0.3, 0.4) is 0 Å². The molecule has 0 spiro atoms. The highest BCUT2D eigenvalue weighted by atomic mass is 15.0. The Hall–Kier alpha value is -1.68. The van der Waals surface area contributed by atoms with E-state index in [1.54, 1.807) is 6.20 Å². The lowest BCUT2D eigenvalue weighted by Crippen LogP contribution is -2.29. The van der Waals surface area contributed by atoms with Crippen molar-refractivity contribution in [3.05, 3.63) is 30.5 Å². The number of nitrogens with one attached hydrogen (secondary N) is 1. The van der Waals surface area contributed by atoms with Gasteiger partial charge in [-0.05, 0) is 31.5 Å². The number of benzene rings is 1. The van der Waals surface area contributed by atoms with Crippen molar-refractivity contribution < 1.29 is 0 Å². The van der Waals surface area contributed by atoms with E-state index in [-0.39, 0.29) is 6.04 Å². The van der Waals surface area contributed by atoms with Crippen molar-refractivity contribution in [3.8, 4) is 0 Å². The topological polar surface area (TPSA) is 63.8 Å². The molecule has 0 radical (unpaired) electrons. The van der Waals surface area contributed by atoms with Gasteiger partial charge in [-0.3, -0.25) is 4.98 Å². The number of hydrogen-bond donors (Lipinski definition) is 2. The van der Waals surface area contributed by atoms with Gasteiger partial charge >= 0.3 is 0 Å². The number of rotatable bonds is 4. The van der Waals surface area contributed by atoms with Crippen molar-refractivity contribution in [2.24, 2.45) is 11.7 Å². The highest BCUT2D eigenvalue weighted by molar-refractivity contribution is 5.75. The minimum absolute atomic E-state index is 0.287. The average molecular weight is 230 g/mol. The smallest absolute Gasteiger partial charge is 0.145 e. The summed E-state index contributed by atoms with van der Waals surface area (Å²) in [7, 11) is 0. The van der Waals surface area contributed by atoms with Gasteiger partial charge in [0.15, 0.2) is 0 Å². The largest absolute Gasteiger partial charge is 0.366 e. The van der Waals surface area contributed by atoms with Gasteiger partial charge in [-0.2, -0.15) is 0 Å². The van der Waals surface area contributed by atoms with Gasteiger partial charge in [0, 0.05) is 6.04 Å². The molecule has 2 rings (SSSR count). The van der Waals surface area contributed by atoms with Crippen molar-refractivity contribution in [1.29, 1.82) is 0 Å². The van der Waals surface area contributed by atoms with Crippen LogP contribution in [0.25, 0.3) is 11.0 Å². The van der Waals surface area contributed by atoms with Crippen molar-refractivity contribution in [2.75, 3.05) is 11.9 Å². The molecule has 0 aliphatic carbocycles.